The molecule has 2 heterocycles. The molecule has 1 saturated heterocycles. The molecular formula is C25H25ClFN5O3. The van der Waals surface area contributed by atoms with Crippen molar-refractivity contribution in [1.82, 2.24) is 14.8 Å². The van der Waals surface area contributed by atoms with E-state index in [1.54, 1.807) is 48.2 Å². The number of nitrogens with zero attached hydrogens (tertiary/aromatic N) is 4. The Morgan fingerprint density at radius 1 is 1.29 bits per heavy atom. The highest BCUT2D eigenvalue weighted by Crippen LogP contribution is 2.39. The molecule has 0 aliphatic carbocycles. The highest BCUT2D eigenvalue weighted by Gasteiger charge is 2.26. The normalized spacial score (nSPS) is 13.9. The van der Waals surface area contributed by atoms with Crippen molar-refractivity contribution >= 4 is 39.9 Å². The van der Waals surface area contributed by atoms with Crippen LogP contribution in [0.1, 0.15) is 18.4 Å². The zero-order valence-electron chi connectivity index (χ0n) is 19.6. The predicted octanol–water partition coefficient (Wildman–Crippen LogP) is 5.18. The largest absolute Gasteiger partial charge is 0.493 e. The van der Waals surface area contributed by atoms with Gasteiger partial charge in [-0.15, -0.1) is 0 Å². The van der Waals surface area contributed by atoms with Gasteiger partial charge < -0.3 is 24.6 Å². The number of hydrogen-bond donors (Lipinski definition) is 1. The van der Waals surface area contributed by atoms with Crippen LogP contribution in [0.4, 0.5) is 20.6 Å². The number of likely N-dealkylation sites (tertiary alicyclic amines) is 1. The molecule has 0 spiro atoms. The summed E-state index contributed by atoms with van der Waals surface area (Å²) in [6.07, 6.45) is 2.62. The molecule has 4 rings (SSSR count). The van der Waals surface area contributed by atoms with E-state index in [-0.39, 0.29) is 28.4 Å². The van der Waals surface area contributed by atoms with Crippen LogP contribution in [0.2, 0.25) is 5.02 Å². The standard InChI is InChI=1S/C25H25ClFN5O3/c1-31(2)25(33)32-9-7-16(8-10-32)35-22-11-17-20(12-21(22)34-3)29-14-15(13-28)24(17)30-19-6-4-5-18(26)23(19)27/h4-6,11-12,14,16H,7-10H2,1-3H3,(H,29,30). The Bertz CT molecular complexity index is 1300. The van der Waals surface area contributed by atoms with Crippen LogP contribution in [-0.4, -0.2) is 61.2 Å². The number of nitriles is 1. The maximum absolute atomic E-state index is 14.6. The van der Waals surface area contributed by atoms with Crippen molar-refractivity contribution in [2.45, 2.75) is 18.9 Å². The van der Waals surface area contributed by atoms with E-state index >= 15 is 0 Å². The van der Waals surface area contributed by atoms with E-state index < -0.39 is 5.82 Å². The van der Waals surface area contributed by atoms with Gasteiger partial charge in [-0.1, -0.05) is 17.7 Å². The number of benzene rings is 2. The molecule has 1 aromatic heterocycles. The first-order chi connectivity index (χ1) is 16.8. The molecule has 8 nitrogen and oxygen atoms in total. The molecule has 0 radical (unpaired) electrons. The van der Waals surface area contributed by atoms with Crippen molar-refractivity contribution in [2.75, 3.05) is 39.6 Å². The molecule has 0 atom stereocenters. The second-order valence-electron chi connectivity index (χ2n) is 8.39. The summed E-state index contributed by atoms with van der Waals surface area (Å²) in [5.74, 6) is 0.345. The summed E-state index contributed by atoms with van der Waals surface area (Å²) in [7, 11) is 5.00. The second kappa shape index (κ2) is 10.2. The molecule has 0 unspecified atom stereocenters. The van der Waals surface area contributed by atoms with Crippen LogP contribution in [0.3, 0.4) is 0 Å². The van der Waals surface area contributed by atoms with Gasteiger partial charge in [0.15, 0.2) is 17.3 Å². The van der Waals surface area contributed by atoms with Crippen molar-refractivity contribution in [3.63, 3.8) is 0 Å². The van der Waals surface area contributed by atoms with Gasteiger partial charge in [-0.2, -0.15) is 5.26 Å². The minimum absolute atomic E-state index is 0.0224. The molecule has 0 bridgehead atoms. The minimum Gasteiger partial charge on any atom is -0.493 e. The Hall–Kier alpha value is -3.77. The maximum atomic E-state index is 14.6. The van der Waals surface area contributed by atoms with Gasteiger partial charge in [0.05, 0.1) is 34.6 Å². The number of halogens is 2. The molecule has 182 valence electrons. The third-order valence-corrected chi connectivity index (χ3v) is 6.17. The number of methoxy groups -OCH3 is 1. The van der Waals surface area contributed by atoms with E-state index in [4.69, 9.17) is 21.1 Å². The predicted molar refractivity (Wildman–Crippen MR) is 132 cm³/mol. The van der Waals surface area contributed by atoms with Gasteiger partial charge in [-0.05, 0) is 18.2 Å². The van der Waals surface area contributed by atoms with E-state index in [9.17, 15) is 14.4 Å². The Morgan fingerprint density at radius 3 is 2.69 bits per heavy atom. The SMILES string of the molecule is COc1cc2ncc(C#N)c(Nc3cccc(Cl)c3F)c2cc1OC1CCN(C(=O)N(C)C)CC1. The van der Waals surface area contributed by atoms with Gasteiger partial charge in [-0.3, -0.25) is 4.98 Å². The third-order valence-electron chi connectivity index (χ3n) is 5.87. The molecule has 10 heteroatoms. The Balaban J connectivity index is 1.67. The number of pyridine rings is 1. The first-order valence-corrected chi connectivity index (χ1v) is 11.4. The quantitative estimate of drug-likeness (QED) is 0.522. The third kappa shape index (κ3) is 5.03. The number of carbonyl (C=O) groups is 1. The number of piperidine rings is 1. The number of fused-ring (bicyclic) bond motifs is 1. The van der Waals surface area contributed by atoms with Crippen LogP contribution in [0.25, 0.3) is 10.9 Å². The number of aromatic nitrogens is 1. The van der Waals surface area contributed by atoms with Crippen LogP contribution >= 0.6 is 11.6 Å². The van der Waals surface area contributed by atoms with Gasteiger partial charge >= 0.3 is 6.03 Å². The van der Waals surface area contributed by atoms with Crippen molar-refractivity contribution in [1.29, 1.82) is 5.26 Å². The highest BCUT2D eigenvalue weighted by molar-refractivity contribution is 6.31. The minimum atomic E-state index is -0.618. The zero-order valence-corrected chi connectivity index (χ0v) is 20.4. The maximum Gasteiger partial charge on any atom is 0.319 e. The number of amides is 2. The first-order valence-electron chi connectivity index (χ1n) is 11.1. The fraction of sp³-hybridized carbons (Fsp3) is 0.320. The molecule has 0 saturated carbocycles. The summed E-state index contributed by atoms with van der Waals surface area (Å²) in [4.78, 5) is 19.9. The molecule has 3 aromatic rings. The van der Waals surface area contributed by atoms with Crippen LogP contribution in [0.5, 0.6) is 11.5 Å². The van der Waals surface area contributed by atoms with Crippen LogP contribution in [0.15, 0.2) is 36.5 Å². The number of rotatable bonds is 5. The van der Waals surface area contributed by atoms with E-state index in [1.165, 1.54) is 19.4 Å². The monoisotopic (exact) mass is 497 g/mol. The van der Waals surface area contributed by atoms with Gasteiger partial charge in [0, 0.05) is 57.7 Å². The number of hydrogen-bond acceptors (Lipinski definition) is 6. The molecular weight excluding hydrogens is 473 g/mol. The van der Waals surface area contributed by atoms with Gasteiger partial charge in [0.1, 0.15) is 12.2 Å². The number of nitrogens with one attached hydrogen (secondary N) is 1. The van der Waals surface area contributed by atoms with E-state index in [0.29, 0.717) is 54.0 Å². The summed E-state index contributed by atoms with van der Waals surface area (Å²) < 4.78 is 26.4. The van der Waals surface area contributed by atoms with Crippen molar-refractivity contribution < 1.29 is 18.7 Å². The van der Waals surface area contributed by atoms with Crippen LogP contribution < -0.4 is 14.8 Å². The molecule has 2 aromatic carbocycles. The molecule has 2 amide bonds. The summed E-state index contributed by atoms with van der Waals surface area (Å²) in [6.45, 7) is 1.16. The van der Waals surface area contributed by atoms with Gasteiger partial charge in [0.2, 0.25) is 0 Å². The molecule has 1 fully saturated rings. The summed E-state index contributed by atoms with van der Waals surface area (Å²) >= 11 is 5.94. The molecule has 1 N–H and O–H groups in total. The smallest absolute Gasteiger partial charge is 0.319 e. The number of carbonyl (C=O) groups excluding carboxylic acids is 1. The molecule has 35 heavy (non-hydrogen) atoms. The lowest BCUT2D eigenvalue weighted by Crippen LogP contribution is -2.46. The van der Waals surface area contributed by atoms with Crippen molar-refractivity contribution in [3.05, 3.63) is 52.9 Å². The Morgan fingerprint density at radius 2 is 2.03 bits per heavy atom. The zero-order chi connectivity index (χ0) is 25.1. The highest BCUT2D eigenvalue weighted by atomic mass is 35.5. The molecule has 1 aliphatic heterocycles. The van der Waals surface area contributed by atoms with Crippen LogP contribution in [-0.2, 0) is 0 Å². The topological polar surface area (TPSA) is 90.7 Å². The number of ether oxygens (including phenoxy) is 2. The van der Waals surface area contributed by atoms with E-state index in [0.717, 1.165) is 0 Å². The summed E-state index contributed by atoms with van der Waals surface area (Å²) in [5.41, 5.74) is 1.31. The summed E-state index contributed by atoms with van der Waals surface area (Å²) in [6, 6.07) is 10.1. The number of anilines is 2. The first kappa shape index (κ1) is 24.4. The van der Waals surface area contributed by atoms with E-state index in [1.807, 2.05) is 0 Å². The van der Waals surface area contributed by atoms with Crippen LogP contribution in [0, 0.1) is 17.1 Å². The fourth-order valence-electron chi connectivity index (χ4n) is 4.03. The molecule has 1 aliphatic rings. The Labute approximate surface area is 207 Å². The lowest BCUT2D eigenvalue weighted by molar-refractivity contribution is 0.0992. The van der Waals surface area contributed by atoms with Crippen molar-refractivity contribution in [2.24, 2.45) is 0 Å². The Kier molecular flexibility index (Phi) is 7.12. The van der Waals surface area contributed by atoms with Gasteiger partial charge in [-0.25, -0.2) is 9.18 Å². The van der Waals surface area contributed by atoms with Gasteiger partial charge in [0.25, 0.3) is 0 Å². The lowest BCUT2D eigenvalue weighted by Gasteiger charge is -2.34. The fourth-order valence-corrected chi connectivity index (χ4v) is 4.21. The second-order valence-corrected chi connectivity index (χ2v) is 8.79. The average molecular weight is 498 g/mol. The van der Waals surface area contributed by atoms with Crippen molar-refractivity contribution in [3.8, 4) is 17.6 Å². The van der Waals surface area contributed by atoms with E-state index in [2.05, 4.69) is 16.4 Å². The summed E-state index contributed by atoms with van der Waals surface area (Å²) in [5, 5.41) is 13.2. The lowest BCUT2D eigenvalue weighted by atomic mass is 10.1. The number of urea groups is 1. The average Bonchev–Trinajstić information content (AvgIpc) is 2.86.